The Morgan fingerprint density at radius 1 is 1.31 bits per heavy atom. The molecule has 0 unspecified atom stereocenters. The second-order valence-electron chi connectivity index (χ2n) is 3.36. The van der Waals surface area contributed by atoms with Crippen molar-refractivity contribution in [2.75, 3.05) is 0 Å². The lowest BCUT2D eigenvalue weighted by molar-refractivity contribution is 0.834. The highest BCUT2D eigenvalue weighted by atomic mass is 14.7. The van der Waals surface area contributed by atoms with Gasteiger partial charge in [-0.1, -0.05) is 44.7 Å². The molecule has 0 heterocycles. The fourth-order valence-electron chi connectivity index (χ4n) is 1.35. The first-order chi connectivity index (χ1) is 6.16. The highest BCUT2D eigenvalue weighted by Crippen LogP contribution is 2.08. The van der Waals surface area contributed by atoms with Crippen LogP contribution in [-0.2, 0) is 0 Å². The molecule has 0 atom stereocenters. The van der Waals surface area contributed by atoms with Gasteiger partial charge in [-0.2, -0.15) is 0 Å². The van der Waals surface area contributed by atoms with Crippen molar-refractivity contribution in [2.24, 2.45) is 10.9 Å². The maximum atomic E-state index is 4.05. The molecule has 0 aliphatic carbocycles. The Morgan fingerprint density at radius 2 is 1.92 bits per heavy atom. The molecule has 1 aromatic carbocycles. The van der Waals surface area contributed by atoms with Crippen LogP contribution in [0.4, 0.5) is 0 Å². The highest BCUT2D eigenvalue weighted by Gasteiger charge is 2.00. The standard InChI is InChI=1S/C12H15N/c1-9(2)12(13-4)11-8-6-5-7-10(11)3/h5-9H,3-4H2,1-2H3/b12-11-. The molecule has 0 aliphatic heterocycles. The van der Waals surface area contributed by atoms with Gasteiger partial charge in [-0.25, -0.2) is 0 Å². The van der Waals surface area contributed by atoms with E-state index < -0.39 is 0 Å². The predicted molar refractivity (Wildman–Crippen MR) is 59.0 cm³/mol. The van der Waals surface area contributed by atoms with E-state index >= 15 is 0 Å². The van der Waals surface area contributed by atoms with Gasteiger partial charge in [0.25, 0.3) is 0 Å². The molecule has 0 bridgehead atoms. The van der Waals surface area contributed by atoms with E-state index in [1.807, 2.05) is 24.3 Å². The number of aliphatic imine (C=N–C) groups is 1. The van der Waals surface area contributed by atoms with Crippen LogP contribution in [0.3, 0.4) is 0 Å². The summed E-state index contributed by atoms with van der Waals surface area (Å²) >= 11 is 0. The Bertz CT molecular complexity index is 401. The summed E-state index contributed by atoms with van der Waals surface area (Å²) in [6.45, 7) is 11.8. The van der Waals surface area contributed by atoms with Gasteiger partial charge in [0.05, 0.1) is 0 Å². The molecule has 0 spiro atoms. The van der Waals surface area contributed by atoms with E-state index in [0.29, 0.717) is 5.92 Å². The Kier molecular flexibility index (Phi) is 3.02. The van der Waals surface area contributed by atoms with Crippen LogP contribution >= 0.6 is 0 Å². The van der Waals surface area contributed by atoms with Gasteiger partial charge in [-0.05, 0) is 17.9 Å². The number of rotatable bonds is 2. The normalized spacial score (nSPS) is 12.8. The largest absolute Gasteiger partial charge is 0.268 e. The lowest BCUT2D eigenvalue weighted by Crippen LogP contribution is -2.26. The minimum Gasteiger partial charge on any atom is -0.268 e. The average Bonchev–Trinajstić information content (AvgIpc) is 2.09. The van der Waals surface area contributed by atoms with Gasteiger partial charge >= 0.3 is 0 Å². The molecule has 0 aromatic heterocycles. The minimum absolute atomic E-state index is 0.389. The Hall–Kier alpha value is -1.37. The first-order valence-electron chi connectivity index (χ1n) is 4.41. The summed E-state index contributed by atoms with van der Waals surface area (Å²) in [5, 5.41) is 2.12. The third-order valence-electron chi connectivity index (χ3n) is 2.01. The first kappa shape index (κ1) is 9.72. The first-order valence-corrected chi connectivity index (χ1v) is 4.41. The van der Waals surface area contributed by atoms with Crippen LogP contribution in [0.15, 0.2) is 29.3 Å². The molecule has 1 aromatic rings. The van der Waals surface area contributed by atoms with Crippen LogP contribution in [0.5, 0.6) is 0 Å². The highest BCUT2D eigenvalue weighted by molar-refractivity contribution is 5.52. The summed E-state index contributed by atoms with van der Waals surface area (Å²) in [5.74, 6) is 0.389. The van der Waals surface area contributed by atoms with E-state index in [1.165, 1.54) is 0 Å². The van der Waals surface area contributed by atoms with Crippen LogP contribution in [0, 0.1) is 5.92 Å². The van der Waals surface area contributed by atoms with E-state index in [0.717, 1.165) is 16.1 Å². The van der Waals surface area contributed by atoms with Crippen LogP contribution in [0.2, 0.25) is 0 Å². The lowest BCUT2D eigenvalue weighted by atomic mass is 10.1. The minimum atomic E-state index is 0.389. The van der Waals surface area contributed by atoms with Gasteiger partial charge in [-0.15, -0.1) is 0 Å². The van der Waals surface area contributed by atoms with Crippen LogP contribution in [0.25, 0.3) is 12.3 Å². The van der Waals surface area contributed by atoms with Crippen LogP contribution in [-0.4, -0.2) is 6.72 Å². The van der Waals surface area contributed by atoms with Crippen molar-refractivity contribution in [3.8, 4) is 0 Å². The fourth-order valence-corrected chi connectivity index (χ4v) is 1.35. The molecule has 68 valence electrons. The van der Waals surface area contributed by atoms with Crippen LogP contribution < -0.4 is 10.4 Å². The zero-order valence-corrected chi connectivity index (χ0v) is 8.25. The molecule has 1 rings (SSSR count). The summed E-state index contributed by atoms with van der Waals surface area (Å²) < 4.78 is 0. The van der Waals surface area contributed by atoms with Crippen molar-refractivity contribution in [1.82, 2.24) is 0 Å². The van der Waals surface area contributed by atoms with Crippen molar-refractivity contribution in [2.45, 2.75) is 13.8 Å². The smallest absolute Gasteiger partial charge is 0.0499 e. The van der Waals surface area contributed by atoms with Crippen molar-refractivity contribution >= 4 is 19.0 Å². The van der Waals surface area contributed by atoms with Crippen molar-refractivity contribution < 1.29 is 0 Å². The topological polar surface area (TPSA) is 12.4 Å². The lowest BCUT2D eigenvalue weighted by Gasteiger charge is -2.04. The second kappa shape index (κ2) is 4.04. The van der Waals surface area contributed by atoms with Gasteiger partial charge in [0.1, 0.15) is 0 Å². The van der Waals surface area contributed by atoms with Gasteiger partial charge in [0, 0.05) is 10.9 Å². The zero-order valence-electron chi connectivity index (χ0n) is 8.25. The van der Waals surface area contributed by atoms with Gasteiger partial charge < -0.3 is 0 Å². The van der Waals surface area contributed by atoms with Crippen molar-refractivity contribution in [1.29, 1.82) is 0 Å². The summed E-state index contributed by atoms with van der Waals surface area (Å²) in [6, 6.07) is 8.00. The SMILES string of the molecule is C=N/C(=c1/ccccc1=C)C(C)C. The van der Waals surface area contributed by atoms with Gasteiger partial charge in [-0.3, -0.25) is 4.99 Å². The molecule has 0 aliphatic rings. The molecule has 0 N–H and O–H groups in total. The van der Waals surface area contributed by atoms with Gasteiger partial charge in [0.15, 0.2) is 0 Å². The van der Waals surface area contributed by atoms with Crippen LogP contribution in [0.1, 0.15) is 13.8 Å². The Morgan fingerprint density at radius 3 is 2.38 bits per heavy atom. The predicted octanol–water partition coefficient (Wildman–Crippen LogP) is 1.56. The number of nitrogens with zero attached hydrogens (tertiary/aromatic N) is 1. The van der Waals surface area contributed by atoms with E-state index in [-0.39, 0.29) is 0 Å². The molecule has 0 saturated carbocycles. The summed E-state index contributed by atoms with van der Waals surface area (Å²) in [5.41, 5.74) is 1.02. The molecule has 0 saturated heterocycles. The second-order valence-corrected chi connectivity index (χ2v) is 3.36. The zero-order chi connectivity index (χ0) is 9.84. The maximum absolute atomic E-state index is 4.05. The van der Waals surface area contributed by atoms with E-state index in [4.69, 9.17) is 0 Å². The molecule has 0 fully saturated rings. The summed E-state index contributed by atoms with van der Waals surface area (Å²) in [6.07, 6.45) is 0. The average molecular weight is 173 g/mol. The molecule has 0 amide bonds. The monoisotopic (exact) mass is 173 g/mol. The molecular formula is C12H15N. The molecule has 1 heteroatoms. The molecule has 1 nitrogen and oxygen atoms in total. The van der Waals surface area contributed by atoms with Crippen molar-refractivity contribution in [3.63, 3.8) is 0 Å². The van der Waals surface area contributed by atoms with E-state index in [2.05, 4.69) is 32.1 Å². The molecular weight excluding hydrogens is 158 g/mol. The summed E-state index contributed by atoms with van der Waals surface area (Å²) in [7, 11) is 0. The summed E-state index contributed by atoms with van der Waals surface area (Å²) in [4.78, 5) is 4.05. The van der Waals surface area contributed by atoms with Gasteiger partial charge in [0.2, 0.25) is 0 Å². The van der Waals surface area contributed by atoms with Crippen molar-refractivity contribution in [3.05, 3.63) is 34.7 Å². The Balaban J connectivity index is 3.55. The van der Waals surface area contributed by atoms with E-state index in [9.17, 15) is 0 Å². The number of benzene rings is 1. The maximum Gasteiger partial charge on any atom is 0.0499 e. The molecule has 13 heavy (non-hydrogen) atoms. The van der Waals surface area contributed by atoms with E-state index in [1.54, 1.807) is 0 Å². The third-order valence-corrected chi connectivity index (χ3v) is 2.01. The quantitative estimate of drug-likeness (QED) is 0.602. The number of hydrogen-bond acceptors (Lipinski definition) is 1. The fraction of sp³-hybridized carbons (Fsp3) is 0.250. The third kappa shape index (κ3) is 2.05. The Labute approximate surface area is 79.1 Å². The number of hydrogen-bond donors (Lipinski definition) is 0. The molecule has 0 radical (unpaired) electrons.